The second-order valence-electron chi connectivity index (χ2n) is 4.79. The Balaban J connectivity index is 2.24. The maximum atomic E-state index is 12.4. The Kier molecular flexibility index (Phi) is 3.69. The minimum absolute atomic E-state index is 0.240. The third kappa shape index (κ3) is 2.67. The standard InChI is InChI=1S/C13H17N3O3/c1-15(2)11-8-9(5-6-14-11)12(17)16-7-3-4-10(16)13(18)19/h5-6,8,10H,3-4,7H2,1-2H3,(H,18,19)/t10-/m1/s1. The fraction of sp³-hybridized carbons (Fsp3) is 0.462. The lowest BCUT2D eigenvalue weighted by atomic mass is 10.2. The fourth-order valence-corrected chi connectivity index (χ4v) is 2.23. The average Bonchev–Trinajstić information content (AvgIpc) is 2.87. The van der Waals surface area contributed by atoms with Gasteiger partial charge in [0, 0.05) is 32.4 Å². The number of hydrogen-bond acceptors (Lipinski definition) is 4. The fourth-order valence-electron chi connectivity index (χ4n) is 2.23. The van der Waals surface area contributed by atoms with Crippen LogP contribution in [0.1, 0.15) is 23.2 Å². The van der Waals surface area contributed by atoms with Gasteiger partial charge in [0.25, 0.3) is 5.91 Å². The van der Waals surface area contributed by atoms with Gasteiger partial charge in [-0.3, -0.25) is 4.79 Å². The molecule has 0 saturated carbocycles. The molecular formula is C13H17N3O3. The molecule has 0 unspecified atom stereocenters. The van der Waals surface area contributed by atoms with E-state index in [1.807, 2.05) is 14.1 Å². The first-order valence-electron chi connectivity index (χ1n) is 6.18. The molecule has 6 heteroatoms. The van der Waals surface area contributed by atoms with E-state index < -0.39 is 12.0 Å². The van der Waals surface area contributed by atoms with Crippen molar-refractivity contribution in [3.05, 3.63) is 23.9 Å². The van der Waals surface area contributed by atoms with Crippen LogP contribution in [-0.2, 0) is 4.79 Å². The van der Waals surface area contributed by atoms with Crippen molar-refractivity contribution in [1.82, 2.24) is 9.88 Å². The summed E-state index contributed by atoms with van der Waals surface area (Å²) in [6, 6.07) is 2.59. The lowest BCUT2D eigenvalue weighted by molar-refractivity contribution is -0.141. The molecule has 1 N–H and O–H groups in total. The Hall–Kier alpha value is -2.11. The van der Waals surface area contributed by atoms with Gasteiger partial charge in [-0.25, -0.2) is 9.78 Å². The van der Waals surface area contributed by atoms with Crippen molar-refractivity contribution in [1.29, 1.82) is 0 Å². The highest BCUT2D eigenvalue weighted by atomic mass is 16.4. The van der Waals surface area contributed by atoms with E-state index in [9.17, 15) is 9.59 Å². The minimum Gasteiger partial charge on any atom is -0.480 e. The molecule has 1 aliphatic rings. The number of aliphatic carboxylic acids is 1. The Morgan fingerprint density at radius 2 is 2.21 bits per heavy atom. The molecule has 1 amide bonds. The number of rotatable bonds is 3. The second-order valence-corrected chi connectivity index (χ2v) is 4.79. The number of amides is 1. The van der Waals surface area contributed by atoms with Crippen molar-refractivity contribution >= 4 is 17.7 Å². The molecule has 102 valence electrons. The zero-order valence-corrected chi connectivity index (χ0v) is 11.0. The molecule has 19 heavy (non-hydrogen) atoms. The molecule has 1 atom stereocenters. The lowest BCUT2D eigenvalue weighted by Gasteiger charge is -2.22. The molecule has 0 aromatic carbocycles. The zero-order valence-electron chi connectivity index (χ0n) is 11.0. The Bertz CT molecular complexity index is 502. The average molecular weight is 263 g/mol. The molecule has 1 aliphatic heterocycles. The summed E-state index contributed by atoms with van der Waals surface area (Å²) in [7, 11) is 3.68. The Labute approximate surface area is 111 Å². The summed E-state index contributed by atoms with van der Waals surface area (Å²) in [5.41, 5.74) is 0.479. The molecule has 1 aromatic heterocycles. The van der Waals surface area contributed by atoms with Crippen LogP contribution in [-0.4, -0.2) is 53.5 Å². The van der Waals surface area contributed by atoms with Gasteiger partial charge in [-0.1, -0.05) is 0 Å². The number of carbonyl (C=O) groups excluding carboxylic acids is 1. The Morgan fingerprint density at radius 1 is 1.47 bits per heavy atom. The molecule has 1 fully saturated rings. The summed E-state index contributed by atoms with van der Waals surface area (Å²) >= 11 is 0. The molecule has 0 radical (unpaired) electrons. The van der Waals surface area contributed by atoms with Crippen LogP contribution in [0.4, 0.5) is 5.82 Å². The molecule has 0 aliphatic carbocycles. The molecule has 0 spiro atoms. The number of likely N-dealkylation sites (tertiary alicyclic amines) is 1. The summed E-state index contributed by atoms with van der Waals surface area (Å²) < 4.78 is 0. The number of carboxylic acid groups (broad SMARTS) is 1. The number of pyridine rings is 1. The van der Waals surface area contributed by atoms with Crippen LogP contribution in [0.15, 0.2) is 18.3 Å². The van der Waals surface area contributed by atoms with E-state index in [4.69, 9.17) is 5.11 Å². The molecule has 1 saturated heterocycles. The van der Waals surface area contributed by atoms with Crippen LogP contribution in [0.5, 0.6) is 0 Å². The number of nitrogens with zero attached hydrogens (tertiary/aromatic N) is 3. The molecule has 0 bridgehead atoms. The summed E-state index contributed by atoms with van der Waals surface area (Å²) in [6.45, 7) is 0.495. The van der Waals surface area contributed by atoms with Gasteiger partial charge in [0.2, 0.25) is 0 Å². The van der Waals surface area contributed by atoms with E-state index in [2.05, 4.69) is 4.98 Å². The summed E-state index contributed by atoms with van der Waals surface area (Å²) in [5.74, 6) is -0.500. The van der Waals surface area contributed by atoms with E-state index in [0.29, 0.717) is 24.3 Å². The maximum absolute atomic E-state index is 12.4. The van der Waals surface area contributed by atoms with Gasteiger partial charge in [-0.05, 0) is 25.0 Å². The number of carboxylic acids is 1. The second kappa shape index (κ2) is 5.26. The molecule has 2 heterocycles. The van der Waals surface area contributed by atoms with E-state index >= 15 is 0 Å². The van der Waals surface area contributed by atoms with Crippen LogP contribution < -0.4 is 4.90 Å². The van der Waals surface area contributed by atoms with Gasteiger partial charge in [-0.15, -0.1) is 0 Å². The third-order valence-electron chi connectivity index (χ3n) is 3.25. The van der Waals surface area contributed by atoms with Crippen molar-refractivity contribution in [2.24, 2.45) is 0 Å². The van der Waals surface area contributed by atoms with Crippen molar-refractivity contribution < 1.29 is 14.7 Å². The van der Waals surface area contributed by atoms with Crippen LogP contribution >= 0.6 is 0 Å². The zero-order chi connectivity index (χ0) is 14.0. The highest BCUT2D eigenvalue weighted by Crippen LogP contribution is 2.21. The normalized spacial score (nSPS) is 18.4. The number of anilines is 1. The highest BCUT2D eigenvalue weighted by molar-refractivity contribution is 5.97. The molecule has 6 nitrogen and oxygen atoms in total. The highest BCUT2D eigenvalue weighted by Gasteiger charge is 2.34. The van der Waals surface area contributed by atoms with E-state index in [1.165, 1.54) is 4.90 Å². The van der Waals surface area contributed by atoms with Crippen molar-refractivity contribution in [3.8, 4) is 0 Å². The van der Waals surface area contributed by atoms with Gasteiger partial charge in [0.1, 0.15) is 11.9 Å². The van der Waals surface area contributed by atoms with Gasteiger partial charge in [-0.2, -0.15) is 0 Å². The van der Waals surface area contributed by atoms with Crippen molar-refractivity contribution in [3.63, 3.8) is 0 Å². The van der Waals surface area contributed by atoms with Gasteiger partial charge in [0.05, 0.1) is 0 Å². The smallest absolute Gasteiger partial charge is 0.326 e. The Morgan fingerprint density at radius 3 is 2.84 bits per heavy atom. The minimum atomic E-state index is -0.937. The summed E-state index contributed by atoms with van der Waals surface area (Å²) in [5, 5.41) is 9.11. The van der Waals surface area contributed by atoms with Crippen LogP contribution in [0.25, 0.3) is 0 Å². The molecule has 2 rings (SSSR count). The van der Waals surface area contributed by atoms with Crippen LogP contribution in [0.3, 0.4) is 0 Å². The van der Waals surface area contributed by atoms with Crippen molar-refractivity contribution in [2.75, 3.05) is 25.5 Å². The summed E-state index contributed by atoms with van der Waals surface area (Å²) in [4.78, 5) is 30.8. The van der Waals surface area contributed by atoms with Gasteiger partial charge < -0.3 is 14.9 Å². The van der Waals surface area contributed by atoms with Crippen LogP contribution in [0.2, 0.25) is 0 Å². The van der Waals surface area contributed by atoms with E-state index in [1.54, 1.807) is 23.2 Å². The monoisotopic (exact) mass is 263 g/mol. The first-order chi connectivity index (χ1) is 9.00. The van der Waals surface area contributed by atoms with Crippen LogP contribution in [0, 0.1) is 0 Å². The first kappa shape index (κ1) is 13.3. The van der Waals surface area contributed by atoms with E-state index in [-0.39, 0.29) is 5.91 Å². The quantitative estimate of drug-likeness (QED) is 0.874. The number of aromatic nitrogens is 1. The number of carbonyl (C=O) groups is 2. The largest absolute Gasteiger partial charge is 0.480 e. The lowest BCUT2D eigenvalue weighted by Crippen LogP contribution is -2.40. The van der Waals surface area contributed by atoms with E-state index in [0.717, 1.165) is 6.42 Å². The third-order valence-corrected chi connectivity index (χ3v) is 3.25. The number of hydrogen-bond donors (Lipinski definition) is 1. The predicted molar refractivity (Wildman–Crippen MR) is 70.3 cm³/mol. The molecular weight excluding hydrogens is 246 g/mol. The first-order valence-corrected chi connectivity index (χ1v) is 6.18. The van der Waals surface area contributed by atoms with Gasteiger partial charge >= 0.3 is 5.97 Å². The summed E-state index contributed by atoms with van der Waals surface area (Å²) in [6.07, 6.45) is 2.81. The van der Waals surface area contributed by atoms with Gasteiger partial charge in [0.15, 0.2) is 0 Å². The molecule has 1 aromatic rings. The predicted octanol–water partition coefficient (Wildman–Crippen LogP) is 0.837. The maximum Gasteiger partial charge on any atom is 0.326 e. The topological polar surface area (TPSA) is 73.7 Å². The van der Waals surface area contributed by atoms with Crippen molar-refractivity contribution in [2.45, 2.75) is 18.9 Å². The SMILES string of the molecule is CN(C)c1cc(C(=O)N2CCC[C@@H]2C(=O)O)ccn1.